The number of anilines is 2. The van der Waals surface area contributed by atoms with Crippen molar-refractivity contribution in [3.8, 4) is 11.8 Å². The van der Waals surface area contributed by atoms with Gasteiger partial charge in [0.25, 0.3) is 0 Å². The van der Waals surface area contributed by atoms with Crippen LogP contribution in [0.3, 0.4) is 0 Å². The normalized spacial score (nSPS) is 16.7. The highest BCUT2D eigenvalue weighted by atomic mass is 16.5. The molecule has 0 spiro atoms. The van der Waals surface area contributed by atoms with Gasteiger partial charge in [0, 0.05) is 32.9 Å². The van der Waals surface area contributed by atoms with Gasteiger partial charge in [0.1, 0.15) is 11.6 Å². The Kier molecular flexibility index (Phi) is 4.54. The smallest absolute Gasteiger partial charge is 0.241 e. The largest absolute Gasteiger partial charge is 0.377 e. The molecule has 4 aromatic heterocycles. The first-order valence-electron chi connectivity index (χ1n) is 11.0. The Morgan fingerprint density at radius 1 is 1.09 bits per heavy atom. The lowest BCUT2D eigenvalue weighted by Crippen LogP contribution is -2.44. The molecule has 1 aliphatic rings. The second kappa shape index (κ2) is 7.59. The standard InChI is InChI=1S/C23H25N9O/c1-15-14-33-13-12-30(15)20-16-9-11-31(19-8-10-25-29(19)3)21(16)28-23(27-20)32-18-7-5-4-6-17(18)26-22(32)24-2/h4-11,15H,12-14H2,1-3H3,(H,24,26)/t15-/m1/s1. The average molecular weight is 444 g/mol. The van der Waals surface area contributed by atoms with Gasteiger partial charge in [-0.1, -0.05) is 12.1 Å². The van der Waals surface area contributed by atoms with E-state index >= 15 is 0 Å². The molecule has 0 amide bonds. The summed E-state index contributed by atoms with van der Waals surface area (Å²) in [5.41, 5.74) is 2.65. The maximum Gasteiger partial charge on any atom is 0.241 e. The molecule has 1 saturated heterocycles. The summed E-state index contributed by atoms with van der Waals surface area (Å²) in [6.45, 7) is 4.27. The number of aromatic nitrogens is 7. The summed E-state index contributed by atoms with van der Waals surface area (Å²) >= 11 is 0. The Labute approximate surface area is 190 Å². The third kappa shape index (κ3) is 3.05. The Morgan fingerprint density at radius 3 is 2.76 bits per heavy atom. The number of nitrogens with zero attached hydrogens (tertiary/aromatic N) is 8. The first-order valence-corrected chi connectivity index (χ1v) is 11.0. The molecule has 10 heteroatoms. The topological polar surface area (TPSA) is 90.9 Å². The zero-order chi connectivity index (χ0) is 22.5. The Morgan fingerprint density at radius 2 is 1.97 bits per heavy atom. The molecule has 1 atom stereocenters. The number of hydrogen-bond acceptors (Lipinski definition) is 7. The van der Waals surface area contributed by atoms with Gasteiger partial charge in [0.05, 0.1) is 41.9 Å². The van der Waals surface area contributed by atoms with Crippen LogP contribution in [0.1, 0.15) is 6.92 Å². The highest BCUT2D eigenvalue weighted by Gasteiger charge is 2.26. The number of rotatable bonds is 4. The van der Waals surface area contributed by atoms with Crippen molar-refractivity contribution >= 4 is 33.8 Å². The van der Waals surface area contributed by atoms with Crippen LogP contribution in [0, 0.1) is 0 Å². The average Bonchev–Trinajstić information content (AvgIpc) is 3.54. The van der Waals surface area contributed by atoms with Gasteiger partial charge >= 0.3 is 0 Å². The number of imidazole rings is 1. The molecule has 10 nitrogen and oxygen atoms in total. The van der Waals surface area contributed by atoms with E-state index in [9.17, 15) is 0 Å². The van der Waals surface area contributed by atoms with Crippen LogP contribution in [0.15, 0.2) is 48.8 Å². The lowest BCUT2D eigenvalue weighted by atomic mass is 10.2. The Balaban J connectivity index is 1.66. The van der Waals surface area contributed by atoms with E-state index < -0.39 is 0 Å². The predicted molar refractivity (Wildman–Crippen MR) is 127 cm³/mol. The molecule has 5 aromatic rings. The van der Waals surface area contributed by atoms with Gasteiger partial charge in [-0.15, -0.1) is 0 Å². The summed E-state index contributed by atoms with van der Waals surface area (Å²) in [6, 6.07) is 12.3. The summed E-state index contributed by atoms with van der Waals surface area (Å²) < 4.78 is 11.6. The second-order valence-electron chi connectivity index (χ2n) is 8.21. The highest BCUT2D eigenvalue weighted by Crippen LogP contribution is 2.32. The predicted octanol–water partition coefficient (Wildman–Crippen LogP) is 2.76. The van der Waals surface area contributed by atoms with Crippen molar-refractivity contribution in [1.82, 2.24) is 33.9 Å². The molecule has 1 N–H and O–H groups in total. The molecule has 0 bridgehead atoms. The van der Waals surface area contributed by atoms with E-state index in [4.69, 9.17) is 19.7 Å². The molecule has 0 saturated carbocycles. The van der Waals surface area contributed by atoms with Crippen LogP contribution in [0.2, 0.25) is 0 Å². The molecular formula is C23H25N9O. The van der Waals surface area contributed by atoms with Crippen LogP contribution in [0.25, 0.3) is 33.8 Å². The molecule has 33 heavy (non-hydrogen) atoms. The van der Waals surface area contributed by atoms with Crippen LogP contribution in [-0.4, -0.2) is 66.7 Å². The molecule has 5 heterocycles. The minimum Gasteiger partial charge on any atom is -0.377 e. The van der Waals surface area contributed by atoms with E-state index in [1.165, 1.54) is 0 Å². The minimum absolute atomic E-state index is 0.202. The number of morpholine rings is 1. The monoisotopic (exact) mass is 443 g/mol. The molecule has 1 aromatic carbocycles. The molecule has 6 rings (SSSR count). The van der Waals surface area contributed by atoms with Gasteiger partial charge < -0.3 is 15.0 Å². The van der Waals surface area contributed by atoms with E-state index in [0.29, 0.717) is 25.1 Å². The number of nitrogens with one attached hydrogen (secondary N) is 1. The van der Waals surface area contributed by atoms with Crippen LogP contribution < -0.4 is 10.2 Å². The van der Waals surface area contributed by atoms with Gasteiger partial charge in [0.15, 0.2) is 5.65 Å². The number of benzene rings is 1. The fraction of sp³-hybridized carbons (Fsp3) is 0.304. The highest BCUT2D eigenvalue weighted by molar-refractivity contribution is 5.90. The number of fused-ring (bicyclic) bond motifs is 2. The lowest BCUT2D eigenvalue weighted by Gasteiger charge is -2.34. The fourth-order valence-corrected chi connectivity index (χ4v) is 4.53. The van der Waals surface area contributed by atoms with Gasteiger partial charge in [-0.2, -0.15) is 15.1 Å². The first kappa shape index (κ1) is 19.7. The number of hydrogen-bond donors (Lipinski definition) is 1. The fourth-order valence-electron chi connectivity index (χ4n) is 4.53. The summed E-state index contributed by atoms with van der Waals surface area (Å²) in [7, 11) is 3.79. The number of aryl methyl sites for hydroxylation is 1. The molecule has 0 aliphatic carbocycles. The maximum absolute atomic E-state index is 5.69. The van der Waals surface area contributed by atoms with Crippen LogP contribution in [0.4, 0.5) is 11.8 Å². The Hall–Kier alpha value is -3.92. The summed E-state index contributed by atoms with van der Waals surface area (Å²) in [4.78, 5) is 17.2. The van der Waals surface area contributed by atoms with Gasteiger partial charge in [-0.25, -0.2) is 9.55 Å². The summed E-state index contributed by atoms with van der Waals surface area (Å²) in [5.74, 6) is 3.08. The lowest BCUT2D eigenvalue weighted by molar-refractivity contribution is 0.0987. The van der Waals surface area contributed by atoms with E-state index in [1.54, 1.807) is 6.20 Å². The van der Waals surface area contributed by atoms with Gasteiger partial charge in [-0.05, 0) is 25.1 Å². The van der Waals surface area contributed by atoms with Crippen molar-refractivity contribution < 1.29 is 4.74 Å². The Bertz CT molecular complexity index is 1460. The third-order valence-corrected chi connectivity index (χ3v) is 6.18. The minimum atomic E-state index is 0.202. The van der Waals surface area contributed by atoms with E-state index in [-0.39, 0.29) is 6.04 Å². The molecule has 0 unspecified atom stereocenters. The van der Waals surface area contributed by atoms with Crippen molar-refractivity contribution in [3.05, 3.63) is 48.8 Å². The van der Waals surface area contributed by atoms with Gasteiger partial charge in [-0.3, -0.25) is 9.25 Å². The number of ether oxygens (including phenoxy) is 1. The quantitative estimate of drug-likeness (QED) is 0.457. The summed E-state index contributed by atoms with van der Waals surface area (Å²) in [6.07, 6.45) is 3.82. The second-order valence-corrected chi connectivity index (χ2v) is 8.21. The van der Waals surface area contributed by atoms with Crippen molar-refractivity contribution in [3.63, 3.8) is 0 Å². The molecule has 1 fully saturated rings. The van der Waals surface area contributed by atoms with Crippen molar-refractivity contribution in [2.75, 3.05) is 37.0 Å². The SMILES string of the molecule is CNc1nc2ccccc2n1-c1nc(N2CCOC[C@H]2C)c2ccn(-c3ccnn3C)c2n1. The molecule has 168 valence electrons. The molecule has 0 radical (unpaired) electrons. The van der Waals surface area contributed by atoms with Crippen LogP contribution in [0.5, 0.6) is 0 Å². The van der Waals surface area contributed by atoms with Crippen molar-refractivity contribution in [1.29, 1.82) is 0 Å². The van der Waals surface area contributed by atoms with Gasteiger partial charge in [0.2, 0.25) is 11.9 Å². The number of para-hydroxylation sites is 2. The van der Waals surface area contributed by atoms with E-state index in [0.717, 1.165) is 40.2 Å². The molecule has 1 aliphatic heterocycles. The first-order chi connectivity index (χ1) is 16.2. The van der Waals surface area contributed by atoms with Crippen molar-refractivity contribution in [2.24, 2.45) is 7.05 Å². The van der Waals surface area contributed by atoms with E-state index in [1.807, 2.05) is 59.9 Å². The molecular weight excluding hydrogens is 418 g/mol. The van der Waals surface area contributed by atoms with Crippen LogP contribution in [-0.2, 0) is 11.8 Å². The maximum atomic E-state index is 5.69. The third-order valence-electron chi connectivity index (χ3n) is 6.18. The van der Waals surface area contributed by atoms with Crippen LogP contribution >= 0.6 is 0 Å². The zero-order valence-electron chi connectivity index (χ0n) is 18.8. The summed E-state index contributed by atoms with van der Waals surface area (Å²) in [5, 5.41) is 8.54. The van der Waals surface area contributed by atoms with Crippen molar-refractivity contribution in [2.45, 2.75) is 13.0 Å². The zero-order valence-corrected chi connectivity index (χ0v) is 18.8. The van der Waals surface area contributed by atoms with E-state index in [2.05, 4.69) is 32.9 Å².